The Kier molecular flexibility index (Phi) is 3.03. The zero-order valence-corrected chi connectivity index (χ0v) is 9.81. The molecule has 1 aliphatic rings. The van der Waals surface area contributed by atoms with Crippen LogP contribution in [0.15, 0.2) is 11.1 Å². The molecule has 0 amide bonds. The number of hydrogen-bond donors (Lipinski definition) is 0. The van der Waals surface area contributed by atoms with E-state index in [0.29, 0.717) is 5.92 Å². The number of rotatable bonds is 3. The van der Waals surface area contributed by atoms with Crippen molar-refractivity contribution in [2.24, 2.45) is 5.92 Å². The van der Waals surface area contributed by atoms with Gasteiger partial charge in [0.25, 0.3) is 0 Å². The van der Waals surface area contributed by atoms with Crippen molar-refractivity contribution in [2.75, 3.05) is 0 Å². The minimum atomic E-state index is -0.379. The fraction of sp³-hybridized carbons (Fsp3) is 0.750. The highest BCUT2D eigenvalue weighted by molar-refractivity contribution is 5.92. The summed E-state index contributed by atoms with van der Waals surface area (Å²) in [5.41, 5.74) is 1.61. The van der Waals surface area contributed by atoms with E-state index < -0.39 is 0 Å². The highest BCUT2D eigenvalue weighted by atomic mass is 16.6. The van der Waals surface area contributed by atoms with Crippen LogP contribution in [0.2, 0.25) is 0 Å². The minimum absolute atomic E-state index is 0.145. The van der Waals surface area contributed by atoms with Crippen molar-refractivity contribution in [1.29, 1.82) is 0 Å². The monoisotopic (exact) mass is 196 g/mol. The van der Waals surface area contributed by atoms with E-state index in [1.54, 1.807) is 0 Å². The molecule has 0 spiro atoms. The van der Waals surface area contributed by atoms with Crippen LogP contribution in [0.25, 0.3) is 0 Å². The van der Waals surface area contributed by atoms with Crippen LogP contribution >= 0.6 is 0 Å². The topological polar surface area (TPSA) is 26.3 Å². The fourth-order valence-corrected chi connectivity index (χ4v) is 1.87. The van der Waals surface area contributed by atoms with Crippen LogP contribution in [-0.2, 0) is 9.53 Å². The van der Waals surface area contributed by atoms with Crippen LogP contribution in [0, 0.1) is 5.92 Å². The molecule has 0 aromatic rings. The summed E-state index contributed by atoms with van der Waals surface area (Å²) in [7, 11) is 0. The molecule has 80 valence electrons. The first-order valence-electron chi connectivity index (χ1n) is 5.28. The Hall–Kier alpha value is -0.790. The lowest BCUT2D eigenvalue weighted by Crippen LogP contribution is -2.23. The van der Waals surface area contributed by atoms with Crippen LogP contribution in [0.4, 0.5) is 0 Å². The molecule has 0 aliphatic carbocycles. The maximum atomic E-state index is 11.4. The molecule has 0 radical (unpaired) electrons. The summed E-state index contributed by atoms with van der Waals surface area (Å²) in [5, 5.41) is 0. The molecular weight excluding hydrogens is 176 g/mol. The van der Waals surface area contributed by atoms with Gasteiger partial charge in [-0.05, 0) is 45.1 Å². The maximum Gasteiger partial charge on any atom is 0.334 e. The molecule has 0 unspecified atom stereocenters. The molecule has 2 nitrogen and oxygen atoms in total. The van der Waals surface area contributed by atoms with E-state index in [9.17, 15) is 4.79 Å². The quantitative estimate of drug-likeness (QED) is 0.648. The van der Waals surface area contributed by atoms with Crippen molar-refractivity contribution in [2.45, 2.75) is 53.1 Å². The lowest BCUT2D eigenvalue weighted by molar-refractivity contribution is -0.144. The van der Waals surface area contributed by atoms with Crippen LogP contribution < -0.4 is 0 Å². The second kappa shape index (κ2) is 3.76. The van der Waals surface area contributed by atoms with E-state index in [1.165, 1.54) is 5.57 Å². The van der Waals surface area contributed by atoms with Crippen molar-refractivity contribution in [3.8, 4) is 0 Å². The molecular formula is C12H20O2. The Balaban J connectivity index is 2.78. The Morgan fingerprint density at radius 3 is 2.29 bits per heavy atom. The fourth-order valence-electron chi connectivity index (χ4n) is 1.87. The molecule has 0 N–H and O–H groups in total. The van der Waals surface area contributed by atoms with Crippen LogP contribution in [0.1, 0.15) is 47.5 Å². The van der Waals surface area contributed by atoms with Gasteiger partial charge in [0.2, 0.25) is 0 Å². The number of hydrogen-bond acceptors (Lipinski definition) is 2. The number of ether oxygens (including phenoxy) is 1. The van der Waals surface area contributed by atoms with Crippen molar-refractivity contribution >= 4 is 5.97 Å². The second-order valence-electron chi connectivity index (χ2n) is 4.94. The third-order valence-corrected chi connectivity index (χ3v) is 2.81. The summed E-state index contributed by atoms with van der Waals surface area (Å²) in [6.07, 6.45) is 2.09. The van der Waals surface area contributed by atoms with E-state index in [2.05, 4.69) is 13.8 Å². The van der Waals surface area contributed by atoms with E-state index in [1.807, 2.05) is 20.8 Å². The molecule has 14 heavy (non-hydrogen) atoms. The van der Waals surface area contributed by atoms with E-state index in [-0.39, 0.29) is 11.6 Å². The summed E-state index contributed by atoms with van der Waals surface area (Å²) in [5.74, 6) is 0.524. The Morgan fingerprint density at radius 1 is 1.36 bits per heavy atom. The number of cyclic esters (lactones) is 1. The van der Waals surface area contributed by atoms with Gasteiger partial charge in [-0.3, -0.25) is 0 Å². The van der Waals surface area contributed by atoms with E-state index in [4.69, 9.17) is 4.74 Å². The zero-order chi connectivity index (χ0) is 10.9. The molecule has 2 heteroatoms. The van der Waals surface area contributed by atoms with Gasteiger partial charge in [0.15, 0.2) is 0 Å². The number of carbonyl (C=O) groups excluding carboxylic acids is 1. The standard InChI is InChI=1S/C12H20O2/c1-8(2)6-7-10-9(3)11(13)14-12(10,4)5/h8H,6-7H2,1-5H3. The van der Waals surface area contributed by atoms with Gasteiger partial charge in [0.1, 0.15) is 5.60 Å². The molecule has 1 rings (SSSR count). The van der Waals surface area contributed by atoms with Crippen LogP contribution in [-0.4, -0.2) is 11.6 Å². The highest BCUT2D eigenvalue weighted by Gasteiger charge is 2.37. The molecule has 0 aromatic heterocycles. The molecule has 1 aliphatic heterocycles. The molecule has 0 bridgehead atoms. The Bertz CT molecular complexity index is 272. The van der Waals surface area contributed by atoms with Crippen LogP contribution in [0.3, 0.4) is 0 Å². The molecule has 0 atom stereocenters. The molecule has 0 aromatic carbocycles. The summed E-state index contributed by atoms with van der Waals surface area (Å²) in [6.45, 7) is 10.2. The zero-order valence-electron chi connectivity index (χ0n) is 9.81. The summed E-state index contributed by atoms with van der Waals surface area (Å²) in [4.78, 5) is 11.4. The van der Waals surface area contributed by atoms with Gasteiger partial charge < -0.3 is 4.74 Å². The molecule has 0 saturated carbocycles. The predicted octanol–water partition coefficient (Wildman–Crippen LogP) is 3.07. The van der Waals surface area contributed by atoms with Gasteiger partial charge >= 0.3 is 5.97 Å². The Morgan fingerprint density at radius 2 is 1.93 bits per heavy atom. The first-order chi connectivity index (χ1) is 6.34. The lowest BCUT2D eigenvalue weighted by Gasteiger charge is -2.22. The molecule has 1 heterocycles. The van der Waals surface area contributed by atoms with E-state index >= 15 is 0 Å². The van der Waals surface area contributed by atoms with Gasteiger partial charge in [-0.2, -0.15) is 0 Å². The summed E-state index contributed by atoms with van der Waals surface area (Å²) < 4.78 is 5.29. The third kappa shape index (κ3) is 2.17. The van der Waals surface area contributed by atoms with Gasteiger partial charge in [-0.1, -0.05) is 13.8 Å². The largest absolute Gasteiger partial charge is 0.452 e. The first-order valence-corrected chi connectivity index (χ1v) is 5.28. The average Bonchev–Trinajstić information content (AvgIpc) is 2.19. The Labute approximate surface area is 86.3 Å². The lowest BCUT2D eigenvalue weighted by atomic mass is 9.90. The summed E-state index contributed by atoms with van der Waals surface area (Å²) in [6, 6.07) is 0. The SMILES string of the molecule is CC1=C(CCC(C)C)C(C)(C)OC1=O. The maximum absolute atomic E-state index is 11.4. The van der Waals surface area contributed by atoms with Gasteiger partial charge in [-0.25, -0.2) is 4.79 Å². The van der Waals surface area contributed by atoms with Gasteiger partial charge in [0.05, 0.1) is 0 Å². The smallest absolute Gasteiger partial charge is 0.334 e. The van der Waals surface area contributed by atoms with Crippen molar-refractivity contribution in [3.05, 3.63) is 11.1 Å². The van der Waals surface area contributed by atoms with Gasteiger partial charge in [0, 0.05) is 5.57 Å². The highest BCUT2D eigenvalue weighted by Crippen LogP contribution is 2.35. The number of esters is 1. The van der Waals surface area contributed by atoms with Crippen molar-refractivity contribution < 1.29 is 9.53 Å². The van der Waals surface area contributed by atoms with Crippen LogP contribution in [0.5, 0.6) is 0 Å². The second-order valence-corrected chi connectivity index (χ2v) is 4.94. The summed E-state index contributed by atoms with van der Waals surface area (Å²) >= 11 is 0. The normalized spacial score (nSPS) is 20.6. The van der Waals surface area contributed by atoms with E-state index in [0.717, 1.165) is 18.4 Å². The number of carbonyl (C=O) groups is 1. The van der Waals surface area contributed by atoms with Crippen molar-refractivity contribution in [3.63, 3.8) is 0 Å². The third-order valence-electron chi connectivity index (χ3n) is 2.81. The minimum Gasteiger partial charge on any atom is -0.452 e. The molecule has 0 saturated heterocycles. The predicted molar refractivity (Wildman–Crippen MR) is 56.9 cm³/mol. The first kappa shape index (κ1) is 11.3. The van der Waals surface area contributed by atoms with Crippen molar-refractivity contribution in [1.82, 2.24) is 0 Å². The molecule has 0 fully saturated rings. The van der Waals surface area contributed by atoms with Gasteiger partial charge in [-0.15, -0.1) is 0 Å². The average molecular weight is 196 g/mol.